The maximum absolute atomic E-state index is 11.8. The van der Waals surface area contributed by atoms with Crippen molar-refractivity contribution in [3.63, 3.8) is 0 Å². The van der Waals surface area contributed by atoms with Crippen molar-refractivity contribution in [1.29, 1.82) is 0 Å². The van der Waals surface area contributed by atoms with Crippen LogP contribution in [0, 0.1) is 0 Å². The molecule has 0 aliphatic carbocycles. The van der Waals surface area contributed by atoms with Crippen molar-refractivity contribution in [2.75, 3.05) is 7.11 Å². The Labute approximate surface area is 130 Å². The van der Waals surface area contributed by atoms with E-state index in [4.69, 9.17) is 15.3 Å². The second-order valence-corrected chi connectivity index (χ2v) is 5.01. The van der Waals surface area contributed by atoms with Gasteiger partial charge < -0.3 is 15.3 Å². The van der Waals surface area contributed by atoms with E-state index in [0.717, 1.165) is 4.47 Å². The molecule has 108 valence electrons. The first-order chi connectivity index (χ1) is 10.1. The van der Waals surface area contributed by atoms with Crippen LogP contribution in [-0.2, 0) is 4.84 Å². The summed E-state index contributed by atoms with van der Waals surface area (Å²) >= 11 is 3.33. The van der Waals surface area contributed by atoms with E-state index in [1.807, 2.05) is 12.1 Å². The highest BCUT2D eigenvalue weighted by atomic mass is 79.9. The monoisotopic (exact) mass is 348 g/mol. The quantitative estimate of drug-likeness (QED) is 0.399. The zero-order valence-electron chi connectivity index (χ0n) is 11.2. The number of halogens is 1. The van der Waals surface area contributed by atoms with Crippen LogP contribution in [0.2, 0.25) is 0 Å². The highest BCUT2D eigenvalue weighted by Crippen LogP contribution is 2.13. The number of carbonyl (C=O) groups excluding carboxylic acids is 1. The molecule has 0 amide bonds. The first kappa shape index (κ1) is 15.1. The molecule has 0 saturated carbocycles. The number of benzene rings is 2. The molecule has 0 unspecified atom stereocenters. The van der Waals surface area contributed by atoms with Gasteiger partial charge in [-0.05, 0) is 36.4 Å². The van der Waals surface area contributed by atoms with Gasteiger partial charge >= 0.3 is 5.97 Å². The van der Waals surface area contributed by atoms with E-state index in [-0.39, 0.29) is 5.84 Å². The summed E-state index contributed by atoms with van der Waals surface area (Å²) in [6.07, 6.45) is 0. The van der Waals surface area contributed by atoms with E-state index in [9.17, 15) is 4.79 Å². The maximum atomic E-state index is 11.8. The molecule has 2 N–H and O–H groups in total. The summed E-state index contributed by atoms with van der Waals surface area (Å²) in [5, 5.41) is 3.65. The molecule has 21 heavy (non-hydrogen) atoms. The van der Waals surface area contributed by atoms with Gasteiger partial charge in [0.2, 0.25) is 0 Å². The molecule has 0 spiro atoms. The number of ether oxygens (including phenoxy) is 1. The average Bonchev–Trinajstić information content (AvgIpc) is 2.52. The Morgan fingerprint density at radius 2 is 1.86 bits per heavy atom. The number of rotatable bonds is 4. The van der Waals surface area contributed by atoms with Crippen molar-refractivity contribution in [3.05, 3.63) is 64.1 Å². The summed E-state index contributed by atoms with van der Waals surface area (Å²) in [5.74, 6) is 0.192. The molecule has 2 aromatic rings. The van der Waals surface area contributed by atoms with Gasteiger partial charge in [0.15, 0.2) is 5.84 Å². The van der Waals surface area contributed by atoms with E-state index in [1.54, 1.807) is 43.5 Å². The van der Waals surface area contributed by atoms with Crippen LogP contribution in [0.15, 0.2) is 58.2 Å². The van der Waals surface area contributed by atoms with Gasteiger partial charge in [-0.3, -0.25) is 0 Å². The van der Waals surface area contributed by atoms with Crippen LogP contribution in [0.4, 0.5) is 0 Å². The van der Waals surface area contributed by atoms with Crippen LogP contribution in [0.1, 0.15) is 15.9 Å². The molecular formula is C15H13BrN2O3. The Balaban J connectivity index is 2.06. The van der Waals surface area contributed by atoms with Crippen LogP contribution in [0.3, 0.4) is 0 Å². The molecule has 0 bridgehead atoms. The van der Waals surface area contributed by atoms with E-state index in [1.165, 1.54) is 0 Å². The van der Waals surface area contributed by atoms with E-state index < -0.39 is 5.97 Å². The lowest BCUT2D eigenvalue weighted by atomic mass is 10.2. The SMILES string of the molecule is COc1ccc(C(=O)ON=C(N)c2cccc(Br)c2)cc1. The van der Waals surface area contributed by atoms with Crippen molar-refractivity contribution in [3.8, 4) is 5.75 Å². The Kier molecular flexibility index (Phi) is 4.94. The maximum Gasteiger partial charge on any atom is 0.365 e. The van der Waals surface area contributed by atoms with Crippen molar-refractivity contribution in [2.45, 2.75) is 0 Å². The standard InChI is InChI=1S/C15H13BrN2O3/c1-20-13-7-5-10(6-8-13)15(19)21-18-14(17)11-3-2-4-12(16)9-11/h2-9H,1H3,(H2,17,18). The molecule has 5 nitrogen and oxygen atoms in total. The molecule has 0 radical (unpaired) electrons. The summed E-state index contributed by atoms with van der Waals surface area (Å²) in [4.78, 5) is 16.6. The number of nitrogens with two attached hydrogens (primary N) is 1. The minimum atomic E-state index is -0.587. The molecule has 0 aromatic heterocycles. The van der Waals surface area contributed by atoms with Gasteiger partial charge in [0.25, 0.3) is 0 Å². The van der Waals surface area contributed by atoms with Gasteiger partial charge in [-0.15, -0.1) is 0 Å². The van der Waals surface area contributed by atoms with Crippen molar-refractivity contribution in [2.24, 2.45) is 10.9 Å². The molecule has 0 saturated heterocycles. The zero-order chi connectivity index (χ0) is 15.2. The van der Waals surface area contributed by atoms with Crippen LogP contribution < -0.4 is 10.5 Å². The Hall–Kier alpha value is -2.34. The van der Waals surface area contributed by atoms with Gasteiger partial charge in [0.1, 0.15) is 5.75 Å². The fourth-order valence-corrected chi connectivity index (χ4v) is 1.97. The Morgan fingerprint density at radius 1 is 1.14 bits per heavy atom. The third-order valence-electron chi connectivity index (χ3n) is 2.67. The van der Waals surface area contributed by atoms with Crippen molar-refractivity contribution < 1.29 is 14.4 Å². The Morgan fingerprint density at radius 3 is 2.48 bits per heavy atom. The third kappa shape index (κ3) is 4.06. The van der Waals surface area contributed by atoms with Crippen LogP contribution in [-0.4, -0.2) is 18.9 Å². The average molecular weight is 349 g/mol. The van der Waals surface area contributed by atoms with E-state index in [0.29, 0.717) is 16.9 Å². The Bertz CT molecular complexity index is 669. The van der Waals surface area contributed by atoms with Gasteiger partial charge in [-0.25, -0.2) is 4.79 Å². The number of oxime groups is 1. The summed E-state index contributed by atoms with van der Waals surface area (Å²) in [7, 11) is 1.55. The second kappa shape index (κ2) is 6.90. The van der Waals surface area contributed by atoms with Crippen LogP contribution in [0.5, 0.6) is 5.75 Å². The third-order valence-corrected chi connectivity index (χ3v) is 3.17. The minimum Gasteiger partial charge on any atom is -0.497 e. The largest absolute Gasteiger partial charge is 0.497 e. The predicted molar refractivity (Wildman–Crippen MR) is 83.3 cm³/mol. The van der Waals surface area contributed by atoms with Gasteiger partial charge in [0.05, 0.1) is 12.7 Å². The summed E-state index contributed by atoms with van der Waals surface area (Å²) in [5.41, 5.74) is 6.79. The predicted octanol–water partition coefficient (Wildman–Crippen LogP) is 2.94. The second-order valence-electron chi connectivity index (χ2n) is 4.09. The molecule has 0 fully saturated rings. The molecule has 6 heteroatoms. The molecular weight excluding hydrogens is 336 g/mol. The lowest BCUT2D eigenvalue weighted by Gasteiger charge is -2.03. The topological polar surface area (TPSA) is 73.9 Å². The van der Waals surface area contributed by atoms with Gasteiger partial charge in [-0.1, -0.05) is 33.2 Å². The number of carbonyl (C=O) groups is 1. The molecule has 0 aliphatic heterocycles. The molecule has 0 atom stereocenters. The molecule has 2 rings (SSSR count). The fraction of sp³-hybridized carbons (Fsp3) is 0.0667. The fourth-order valence-electron chi connectivity index (χ4n) is 1.57. The number of methoxy groups -OCH3 is 1. The van der Waals surface area contributed by atoms with Gasteiger partial charge in [-0.2, -0.15) is 0 Å². The normalized spacial score (nSPS) is 11.0. The first-order valence-electron chi connectivity index (χ1n) is 6.05. The van der Waals surface area contributed by atoms with Crippen molar-refractivity contribution >= 4 is 27.7 Å². The van der Waals surface area contributed by atoms with Crippen LogP contribution >= 0.6 is 15.9 Å². The number of hydrogen-bond acceptors (Lipinski definition) is 4. The van der Waals surface area contributed by atoms with E-state index >= 15 is 0 Å². The lowest BCUT2D eigenvalue weighted by Crippen LogP contribution is -2.15. The summed E-state index contributed by atoms with van der Waals surface area (Å²) in [6, 6.07) is 13.7. The van der Waals surface area contributed by atoms with E-state index in [2.05, 4.69) is 21.1 Å². The number of amidine groups is 1. The molecule has 2 aromatic carbocycles. The van der Waals surface area contributed by atoms with Gasteiger partial charge in [0, 0.05) is 10.0 Å². The number of hydrogen-bond donors (Lipinski definition) is 1. The zero-order valence-corrected chi connectivity index (χ0v) is 12.8. The minimum absolute atomic E-state index is 0.123. The molecule has 0 heterocycles. The van der Waals surface area contributed by atoms with Crippen molar-refractivity contribution in [1.82, 2.24) is 0 Å². The lowest BCUT2D eigenvalue weighted by molar-refractivity contribution is 0.0516. The molecule has 0 aliphatic rings. The summed E-state index contributed by atoms with van der Waals surface area (Å²) < 4.78 is 5.87. The number of nitrogens with zero attached hydrogens (tertiary/aromatic N) is 1. The smallest absolute Gasteiger partial charge is 0.365 e. The summed E-state index contributed by atoms with van der Waals surface area (Å²) in [6.45, 7) is 0. The van der Waals surface area contributed by atoms with Crippen LogP contribution in [0.25, 0.3) is 0 Å². The first-order valence-corrected chi connectivity index (χ1v) is 6.84. The highest BCUT2D eigenvalue weighted by molar-refractivity contribution is 9.10. The highest BCUT2D eigenvalue weighted by Gasteiger charge is 2.08.